The van der Waals surface area contributed by atoms with Gasteiger partial charge in [0.05, 0.1) is 28.4 Å². The molecule has 57 heavy (non-hydrogen) atoms. The first kappa shape index (κ1) is 38.8. The zero-order valence-corrected chi connectivity index (χ0v) is 34.8. The van der Waals surface area contributed by atoms with E-state index in [0.717, 1.165) is 81.7 Å². The molecule has 1 aliphatic carbocycles. The number of benzene rings is 6. The SMILES string of the molecule is COc1cc(P(c2ccccc2)c2ccccc2)c(O)c(C[C@H]2CCC[C@@H]3Cc4c(OC)c(OC)cc(P(c5ccccc5)c5ccccc5)c4OC2C3)c1OC. The highest BCUT2D eigenvalue weighted by molar-refractivity contribution is 7.80. The molecule has 6 aromatic carbocycles. The predicted octanol–water partition coefficient (Wildman–Crippen LogP) is 8.30. The minimum Gasteiger partial charge on any atom is -0.507 e. The normalized spacial score (nSPS) is 17.5. The molecule has 0 aromatic heterocycles. The molecule has 0 radical (unpaired) electrons. The summed E-state index contributed by atoms with van der Waals surface area (Å²) in [7, 11) is 4.69. The van der Waals surface area contributed by atoms with Gasteiger partial charge in [-0.05, 0) is 87.2 Å². The molecule has 292 valence electrons. The predicted molar refractivity (Wildman–Crippen MR) is 235 cm³/mol. The molecule has 1 unspecified atom stereocenters. The van der Waals surface area contributed by atoms with Crippen LogP contribution < -0.4 is 55.5 Å². The number of phenols is 1. The van der Waals surface area contributed by atoms with Gasteiger partial charge in [-0.25, -0.2) is 0 Å². The van der Waals surface area contributed by atoms with Gasteiger partial charge >= 0.3 is 0 Å². The van der Waals surface area contributed by atoms with Crippen molar-refractivity contribution in [1.82, 2.24) is 0 Å². The molecule has 0 saturated heterocycles. The van der Waals surface area contributed by atoms with Crippen molar-refractivity contribution in [2.75, 3.05) is 28.4 Å². The Balaban J connectivity index is 1.26. The summed E-state index contributed by atoms with van der Waals surface area (Å²) in [4.78, 5) is 0. The van der Waals surface area contributed by atoms with Gasteiger partial charge in [-0.15, -0.1) is 0 Å². The first-order valence-corrected chi connectivity index (χ1v) is 22.4. The van der Waals surface area contributed by atoms with Crippen LogP contribution in [-0.2, 0) is 12.8 Å². The van der Waals surface area contributed by atoms with Crippen LogP contribution in [0.15, 0.2) is 133 Å². The third kappa shape index (κ3) is 7.83. The third-order valence-corrected chi connectivity index (χ3v) is 16.4. The lowest BCUT2D eigenvalue weighted by molar-refractivity contribution is 0.121. The monoisotopic (exact) mass is 796 g/mol. The van der Waals surface area contributed by atoms with Crippen LogP contribution in [0.4, 0.5) is 0 Å². The van der Waals surface area contributed by atoms with E-state index >= 15 is 0 Å². The number of aromatic hydroxyl groups is 1. The van der Waals surface area contributed by atoms with Crippen LogP contribution in [0, 0.1) is 11.8 Å². The minimum atomic E-state index is -1.11. The van der Waals surface area contributed by atoms with Crippen LogP contribution in [0.25, 0.3) is 0 Å². The maximum Gasteiger partial charge on any atom is 0.167 e. The fraction of sp³-hybridized carbons (Fsp3) is 0.265. The van der Waals surface area contributed by atoms with Crippen LogP contribution in [-0.4, -0.2) is 39.6 Å². The molecule has 2 bridgehead atoms. The Hall–Kier alpha value is -5.02. The van der Waals surface area contributed by atoms with Crippen LogP contribution in [0.1, 0.15) is 36.8 Å². The molecular formula is C49H50O6P2. The van der Waals surface area contributed by atoms with E-state index in [1.54, 1.807) is 28.4 Å². The van der Waals surface area contributed by atoms with Crippen LogP contribution >= 0.6 is 15.8 Å². The van der Waals surface area contributed by atoms with E-state index < -0.39 is 15.8 Å². The quantitative estimate of drug-likeness (QED) is 0.126. The molecule has 6 aromatic rings. The van der Waals surface area contributed by atoms with E-state index in [0.29, 0.717) is 23.8 Å². The fourth-order valence-corrected chi connectivity index (χ4v) is 13.7. The molecule has 1 fully saturated rings. The number of rotatable bonds is 12. The third-order valence-electron chi connectivity index (χ3n) is 11.5. The molecular weight excluding hydrogens is 746 g/mol. The van der Waals surface area contributed by atoms with Crippen molar-refractivity contribution in [2.45, 2.75) is 44.6 Å². The second kappa shape index (κ2) is 17.6. The largest absolute Gasteiger partial charge is 0.507 e. The summed E-state index contributed by atoms with van der Waals surface area (Å²) < 4.78 is 31.9. The van der Waals surface area contributed by atoms with E-state index in [-0.39, 0.29) is 17.8 Å². The Kier molecular flexibility index (Phi) is 12.0. The van der Waals surface area contributed by atoms with Crippen molar-refractivity contribution in [1.29, 1.82) is 0 Å². The van der Waals surface area contributed by atoms with Crippen molar-refractivity contribution in [3.63, 3.8) is 0 Å². The van der Waals surface area contributed by atoms with Crippen molar-refractivity contribution in [2.24, 2.45) is 11.8 Å². The van der Waals surface area contributed by atoms with Gasteiger partial charge in [0.15, 0.2) is 23.0 Å². The Morgan fingerprint density at radius 2 is 1.07 bits per heavy atom. The number of fused-ring (bicyclic) bond motifs is 3. The first-order chi connectivity index (χ1) is 28.0. The zero-order valence-electron chi connectivity index (χ0n) is 33.1. The van der Waals surface area contributed by atoms with E-state index in [1.807, 2.05) is 18.2 Å². The van der Waals surface area contributed by atoms with E-state index in [4.69, 9.17) is 23.7 Å². The maximum absolute atomic E-state index is 12.6. The van der Waals surface area contributed by atoms with E-state index in [9.17, 15) is 5.11 Å². The molecule has 6 nitrogen and oxygen atoms in total. The van der Waals surface area contributed by atoms with Gasteiger partial charge in [-0.2, -0.15) is 0 Å². The second-order valence-corrected chi connectivity index (χ2v) is 19.1. The average Bonchev–Trinajstić information content (AvgIpc) is 3.57. The van der Waals surface area contributed by atoms with Gasteiger partial charge in [0.2, 0.25) is 0 Å². The summed E-state index contributed by atoms with van der Waals surface area (Å²) in [5, 5.41) is 19.3. The lowest BCUT2D eigenvalue weighted by Gasteiger charge is -2.31. The summed E-state index contributed by atoms with van der Waals surface area (Å²) in [5.41, 5.74) is 1.85. The number of ether oxygens (including phenoxy) is 5. The summed E-state index contributed by atoms with van der Waals surface area (Å²) in [6, 6.07) is 46.6. The lowest BCUT2D eigenvalue weighted by Crippen LogP contribution is -2.31. The molecule has 0 spiro atoms. The Morgan fingerprint density at radius 1 is 0.596 bits per heavy atom. The van der Waals surface area contributed by atoms with Gasteiger partial charge in [-0.1, -0.05) is 128 Å². The summed E-state index contributed by atoms with van der Waals surface area (Å²) in [5.74, 6) is 4.35. The van der Waals surface area contributed by atoms with Gasteiger partial charge in [0, 0.05) is 27.7 Å². The number of hydrogen-bond donors (Lipinski definition) is 1. The summed E-state index contributed by atoms with van der Waals surface area (Å²) in [6.07, 6.45) is 5.32. The highest BCUT2D eigenvalue weighted by atomic mass is 31.1. The highest BCUT2D eigenvalue weighted by Gasteiger charge is 2.39. The fourth-order valence-electron chi connectivity index (χ4n) is 8.85. The Labute approximate surface area is 339 Å². The van der Waals surface area contributed by atoms with Crippen molar-refractivity contribution >= 4 is 47.7 Å². The van der Waals surface area contributed by atoms with Crippen molar-refractivity contribution in [3.05, 3.63) is 145 Å². The van der Waals surface area contributed by atoms with Crippen molar-refractivity contribution < 1.29 is 28.8 Å². The number of methoxy groups -OCH3 is 4. The molecule has 2 aliphatic rings. The Morgan fingerprint density at radius 3 is 1.56 bits per heavy atom. The van der Waals surface area contributed by atoms with Gasteiger partial charge in [-0.3, -0.25) is 0 Å². The molecule has 1 aliphatic heterocycles. The van der Waals surface area contributed by atoms with Crippen LogP contribution in [0.2, 0.25) is 0 Å². The zero-order chi connectivity index (χ0) is 39.3. The molecule has 8 heteroatoms. The summed E-state index contributed by atoms with van der Waals surface area (Å²) >= 11 is 0. The van der Waals surface area contributed by atoms with Crippen LogP contribution in [0.3, 0.4) is 0 Å². The molecule has 3 atom stereocenters. The molecule has 1 heterocycles. The smallest absolute Gasteiger partial charge is 0.167 e. The van der Waals surface area contributed by atoms with Crippen molar-refractivity contribution in [3.8, 4) is 34.5 Å². The maximum atomic E-state index is 12.6. The molecule has 8 rings (SSSR count). The van der Waals surface area contributed by atoms with Gasteiger partial charge in [0.25, 0.3) is 0 Å². The highest BCUT2D eigenvalue weighted by Crippen LogP contribution is 2.51. The summed E-state index contributed by atoms with van der Waals surface area (Å²) in [6.45, 7) is 0. The molecule has 0 amide bonds. The minimum absolute atomic E-state index is 0.0982. The number of phenolic OH excluding ortho intramolecular Hbond substituents is 1. The lowest BCUT2D eigenvalue weighted by atomic mass is 9.87. The van der Waals surface area contributed by atoms with Crippen LogP contribution in [0.5, 0.6) is 34.5 Å². The standard InChI is InChI=1S/C49H50O6P2/c1-51-42-31-44(56(35-20-9-5-10-21-35)36-22-11-6-12-23-36)46(50)39(47(42)53-3)30-34-19-17-18-33-28-40-48(54-4)43(52-2)32-45(49(40)55-41(34)29-33)57(37-24-13-7-14-25-37)38-26-15-8-16-27-38/h5-16,20-27,31-34,41,50H,17-19,28-30H2,1-4H3/t33-,34-,41?/m1/s1. The van der Waals surface area contributed by atoms with E-state index in [1.165, 1.54) is 10.6 Å². The number of hydrogen-bond acceptors (Lipinski definition) is 6. The second-order valence-electron chi connectivity index (χ2n) is 14.8. The average molecular weight is 797 g/mol. The first-order valence-electron chi connectivity index (χ1n) is 19.7. The Bertz CT molecular complexity index is 2190. The topological polar surface area (TPSA) is 66.4 Å². The van der Waals surface area contributed by atoms with Gasteiger partial charge in [0.1, 0.15) is 17.6 Å². The van der Waals surface area contributed by atoms with E-state index in [2.05, 4.69) is 115 Å². The molecule has 1 N–H and O–H groups in total. The molecule has 1 saturated carbocycles. The van der Waals surface area contributed by atoms with Gasteiger partial charge < -0.3 is 28.8 Å².